The Labute approximate surface area is 230 Å². The van der Waals surface area contributed by atoms with Gasteiger partial charge in [-0.15, -0.1) is 0 Å². The lowest BCUT2D eigenvalue weighted by Gasteiger charge is -2.25. The van der Waals surface area contributed by atoms with Gasteiger partial charge in [0.05, 0.1) is 22.5 Å². The number of halogens is 1. The van der Waals surface area contributed by atoms with Gasteiger partial charge in [0.2, 0.25) is 9.84 Å². The Hall–Kier alpha value is -3.16. The number of aliphatic hydroxyl groups is 1. The molecule has 0 spiro atoms. The number of rotatable bonds is 12. The molecule has 1 atom stereocenters. The number of benzene rings is 4. The van der Waals surface area contributed by atoms with Gasteiger partial charge >= 0.3 is 0 Å². The van der Waals surface area contributed by atoms with E-state index in [1.165, 1.54) is 0 Å². The second-order valence-corrected chi connectivity index (χ2v) is 11.5. The van der Waals surface area contributed by atoms with Gasteiger partial charge in [0, 0.05) is 24.7 Å². The molecule has 0 heterocycles. The zero-order valence-electron chi connectivity index (χ0n) is 21.3. The van der Waals surface area contributed by atoms with Crippen LogP contribution in [0.3, 0.4) is 0 Å². The van der Waals surface area contributed by atoms with Crippen LogP contribution in [-0.2, 0) is 22.8 Å². The van der Waals surface area contributed by atoms with Crippen LogP contribution in [0.4, 0.5) is 0 Å². The fourth-order valence-electron chi connectivity index (χ4n) is 4.30. The fraction of sp³-hybridized carbons (Fsp3) is 0.226. The summed E-state index contributed by atoms with van der Waals surface area (Å²) in [6.45, 7) is 4.14. The first-order valence-corrected chi connectivity index (χ1v) is 14.5. The van der Waals surface area contributed by atoms with Crippen LogP contribution in [0.5, 0.6) is 5.75 Å². The van der Waals surface area contributed by atoms with Gasteiger partial charge in [0.1, 0.15) is 5.75 Å². The highest BCUT2D eigenvalue weighted by Gasteiger charge is 2.19. The van der Waals surface area contributed by atoms with Crippen LogP contribution >= 0.6 is 11.6 Å². The highest BCUT2D eigenvalue weighted by Crippen LogP contribution is 2.25. The molecule has 0 saturated heterocycles. The molecule has 38 heavy (non-hydrogen) atoms. The largest absolute Gasteiger partial charge is 0.494 e. The normalized spacial score (nSPS) is 12.4. The van der Waals surface area contributed by atoms with Crippen LogP contribution in [0.15, 0.2) is 113 Å². The van der Waals surface area contributed by atoms with E-state index in [2.05, 4.69) is 17.0 Å². The van der Waals surface area contributed by atoms with Gasteiger partial charge in [-0.05, 0) is 72.5 Å². The number of hydrogen-bond donors (Lipinski definition) is 1. The average Bonchev–Trinajstić information content (AvgIpc) is 2.93. The molecule has 1 N–H and O–H groups in total. The molecule has 0 aliphatic heterocycles. The molecule has 198 valence electrons. The predicted molar refractivity (Wildman–Crippen MR) is 151 cm³/mol. The maximum Gasteiger partial charge on any atom is 0.206 e. The Kier molecular flexibility index (Phi) is 9.58. The van der Waals surface area contributed by atoms with Crippen molar-refractivity contribution in [3.8, 4) is 5.75 Å². The third kappa shape index (κ3) is 7.45. The molecule has 0 aliphatic carbocycles. The second kappa shape index (κ2) is 13.1. The Morgan fingerprint density at radius 3 is 2.29 bits per heavy atom. The molecule has 0 fully saturated rings. The molecule has 0 aliphatic rings. The lowest BCUT2D eigenvalue weighted by Crippen LogP contribution is -2.30. The van der Waals surface area contributed by atoms with Gasteiger partial charge in [0.15, 0.2) is 0 Å². The van der Waals surface area contributed by atoms with Crippen molar-refractivity contribution in [1.82, 2.24) is 4.90 Å². The molecule has 5 nitrogen and oxygen atoms in total. The fourth-order valence-corrected chi connectivity index (χ4v) is 5.79. The smallest absolute Gasteiger partial charge is 0.206 e. The van der Waals surface area contributed by atoms with Crippen molar-refractivity contribution in [3.63, 3.8) is 0 Å². The summed E-state index contributed by atoms with van der Waals surface area (Å²) in [7, 11) is -3.65. The average molecular weight is 550 g/mol. The standard InChI is InChI=1S/C31H32ClNO4S/c1-2-37-28-12-7-13-30(21-28)38(35,36)29-16-14-24(15-17-29)18-19-33(22-25-8-4-3-5-9-25)23-31(34)26-10-6-11-27(32)20-26/h3-17,20-21,31,34H,2,18-19,22-23H2,1H3/t31-/m0/s1. The van der Waals surface area contributed by atoms with Crippen molar-refractivity contribution in [2.24, 2.45) is 0 Å². The van der Waals surface area contributed by atoms with E-state index in [0.29, 0.717) is 43.4 Å². The summed E-state index contributed by atoms with van der Waals surface area (Å²) in [6, 6.07) is 31.0. The molecule has 0 bridgehead atoms. The van der Waals surface area contributed by atoms with Crippen molar-refractivity contribution in [2.75, 3.05) is 19.7 Å². The van der Waals surface area contributed by atoms with Crippen LogP contribution in [0.25, 0.3) is 0 Å². The first-order chi connectivity index (χ1) is 18.3. The van der Waals surface area contributed by atoms with E-state index >= 15 is 0 Å². The summed E-state index contributed by atoms with van der Waals surface area (Å²) in [6.07, 6.45) is 0.0206. The number of ether oxygens (including phenoxy) is 1. The monoisotopic (exact) mass is 549 g/mol. The molecule has 0 unspecified atom stereocenters. The summed E-state index contributed by atoms with van der Waals surface area (Å²) in [5.41, 5.74) is 2.95. The Morgan fingerprint density at radius 1 is 0.842 bits per heavy atom. The van der Waals surface area contributed by atoms with E-state index in [-0.39, 0.29) is 9.79 Å². The summed E-state index contributed by atoms with van der Waals surface area (Å²) in [5, 5.41) is 11.5. The summed E-state index contributed by atoms with van der Waals surface area (Å²) < 4.78 is 31.8. The van der Waals surface area contributed by atoms with Crippen molar-refractivity contribution in [3.05, 3.63) is 125 Å². The van der Waals surface area contributed by atoms with Gasteiger partial charge in [-0.25, -0.2) is 8.42 Å². The minimum absolute atomic E-state index is 0.209. The minimum atomic E-state index is -3.65. The van der Waals surface area contributed by atoms with Crippen molar-refractivity contribution in [1.29, 1.82) is 0 Å². The van der Waals surface area contributed by atoms with Gasteiger partial charge < -0.3 is 9.84 Å². The summed E-state index contributed by atoms with van der Waals surface area (Å²) in [5.74, 6) is 0.531. The Bertz CT molecular complexity index is 1430. The lowest BCUT2D eigenvalue weighted by molar-refractivity contribution is 0.109. The van der Waals surface area contributed by atoms with E-state index in [9.17, 15) is 13.5 Å². The predicted octanol–water partition coefficient (Wildman–Crippen LogP) is 6.35. The molecule has 4 aromatic carbocycles. The highest BCUT2D eigenvalue weighted by atomic mass is 35.5. The van der Waals surface area contributed by atoms with Crippen molar-refractivity contribution < 1.29 is 18.3 Å². The molecule has 7 heteroatoms. The molecule has 0 saturated carbocycles. The molecular weight excluding hydrogens is 518 g/mol. The molecule has 4 aromatic rings. The molecular formula is C31H32ClNO4S. The third-order valence-corrected chi connectivity index (χ3v) is 8.29. The van der Waals surface area contributed by atoms with Gasteiger partial charge in [-0.3, -0.25) is 4.90 Å². The Morgan fingerprint density at radius 2 is 1.58 bits per heavy atom. The maximum atomic E-state index is 13.1. The van der Waals surface area contributed by atoms with Crippen LogP contribution in [-0.4, -0.2) is 38.1 Å². The van der Waals surface area contributed by atoms with E-state index < -0.39 is 15.9 Å². The van der Waals surface area contributed by atoms with Crippen LogP contribution in [0, 0.1) is 0 Å². The minimum Gasteiger partial charge on any atom is -0.494 e. The number of aliphatic hydroxyl groups excluding tert-OH is 1. The van der Waals surface area contributed by atoms with E-state index in [0.717, 1.165) is 16.7 Å². The van der Waals surface area contributed by atoms with E-state index in [1.54, 1.807) is 48.5 Å². The third-order valence-electron chi connectivity index (χ3n) is 6.29. The second-order valence-electron chi connectivity index (χ2n) is 9.10. The molecule has 4 rings (SSSR count). The quantitative estimate of drug-likeness (QED) is 0.223. The Balaban J connectivity index is 1.46. The van der Waals surface area contributed by atoms with Crippen molar-refractivity contribution in [2.45, 2.75) is 35.8 Å². The molecule has 0 radical (unpaired) electrons. The van der Waals surface area contributed by atoms with Gasteiger partial charge in [-0.1, -0.05) is 72.3 Å². The zero-order valence-corrected chi connectivity index (χ0v) is 22.9. The first kappa shape index (κ1) is 27.9. The molecule has 0 amide bonds. The summed E-state index contributed by atoms with van der Waals surface area (Å²) >= 11 is 6.13. The van der Waals surface area contributed by atoms with Gasteiger partial charge in [-0.2, -0.15) is 0 Å². The number of nitrogens with zero attached hydrogens (tertiary/aromatic N) is 1. The van der Waals surface area contributed by atoms with Crippen LogP contribution in [0.2, 0.25) is 5.02 Å². The molecule has 0 aromatic heterocycles. The topological polar surface area (TPSA) is 66.8 Å². The first-order valence-electron chi connectivity index (χ1n) is 12.6. The lowest BCUT2D eigenvalue weighted by atomic mass is 10.1. The maximum absolute atomic E-state index is 13.1. The number of sulfone groups is 1. The summed E-state index contributed by atoms with van der Waals surface area (Å²) in [4.78, 5) is 2.65. The zero-order chi connectivity index (χ0) is 27.0. The highest BCUT2D eigenvalue weighted by molar-refractivity contribution is 7.91. The van der Waals surface area contributed by atoms with Gasteiger partial charge in [0.25, 0.3) is 0 Å². The van der Waals surface area contributed by atoms with Crippen LogP contribution in [0.1, 0.15) is 29.7 Å². The van der Waals surface area contributed by atoms with Crippen LogP contribution < -0.4 is 4.74 Å². The SMILES string of the molecule is CCOc1cccc(S(=O)(=O)c2ccc(CCN(Cc3ccccc3)C[C@H](O)c3cccc(Cl)c3)cc2)c1. The van der Waals surface area contributed by atoms with Crippen molar-refractivity contribution >= 4 is 21.4 Å². The van der Waals surface area contributed by atoms with E-state index in [4.69, 9.17) is 16.3 Å². The van der Waals surface area contributed by atoms with E-state index in [1.807, 2.05) is 49.4 Å². The number of hydrogen-bond acceptors (Lipinski definition) is 5.